The third-order valence-electron chi connectivity index (χ3n) is 2.71. The lowest BCUT2D eigenvalue weighted by atomic mass is 10.2. The third-order valence-corrected chi connectivity index (χ3v) is 3.99. The molecule has 0 aliphatic heterocycles. The smallest absolute Gasteiger partial charge is 0.237 e. The van der Waals surface area contributed by atoms with Crippen molar-refractivity contribution in [3.8, 4) is 5.75 Å². The molecule has 1 aromatic rings. The molecule has 1 unspecified atom stereocenters. The normalized spacial score (nSPS) is 12.2. The molecule has 1 aromatic carbocycles. The summed E-state index contributed by atoms with van der Waals surface area (Å²) in [6, 6.07) is 4.99. The number of hydrogen-bond acceptors (Lipinski definition) is 4. The molecule has 20 heavy (non-hydrogen) atoms. The fourth-order valence-corrected chi connectivity index (χ4v) is 2.84. The lowest BCUT2D eigenvalue weighted by Gasteiger charge is -2.11. The minimum atomic E-state index is -1.14. The fourth-order valence-electron chi connectivity index (χ4n) is 1.60. The molecule has 3 N–H and O–H groups in total. The van der Waals surface area contributed by atoms with Gasteiger partial charge in [-0.3, -0.25) is 9.00 Å². The Morgan fingerprint density at radius 2 is 2.15 bits per heavy atom. The van der Waals surface area contributed by atoms with Gasteiger partial charge in [0.1, 0.15) is 11.5 Å². The lowest BCUT2D eigenvalue weighted by Crippen LogP contribution is -2.21. The highest BCUT2D eigenvalue weighted by molar-refractivity contribution is 7.85. The molecule has 112 valence electrons. The minimum Gasteiger partial charge on any atom is -0.495 e. The first-order chi connectivity index (χ1) is 9.42. The Morgan fingerprint density at radius 3 is 2.75 bits per heavy atom. The van der Waals surface area contributed by atoms with Crippen LogP contribution in [0.4, 0.5) is 11.4 Å². The lowest BCUT2D eigenvalue weighted by molar-refractivity contribution is -0.113. The van der Waals surface area contributed by atoms with E-state index in [1.165, 1.54) is 7.11 Å². The predicted octanol–water partition coefficient (Wildman–Crippen LogP) is 2.01. The summed E-state index contributed by atoms with van der Waals surface area (Å²) in [4.78, 5) is 11.8. The van der Waals surface area contributed by atoms with E-state index in [9.17, 15) is 9.00 Å². The number of carbonyl (C=O) groups excluding carboxylic acids is 1. The zero-order valence-corrected chi connectivity index (χ0v) is 13.0. The van der Waals surface area contributed by atoms with Crippen LogP contribution in [0.25, 0.3) is 0 Å². The summed E-state index contributed by atoms with van der Waals surface area (Å²) < 4.78 is 16.9. The number of rotatable bonds is 7. The minimum absolute atomic E-state index is 0.00925. The van der Waals surface area contributed by atoms with E-state index in [0.29, 0.717) is 28.8 Å². The van der Waals surface area contributed by atoms with Crippen LogP contribution in [0.2, 0.25) is 0 Å². The van der Waals surface area contributed by atoms with E-state index in [-0.39, 0.29) is 11.7 Å². The molecule has 0 spiro atoms. The molecule has 6 heteroatoms. The summed E-state index contributed by atoms with van der Waals surface area (Å²) in [6.07, 6.45) is 0.849. The molecule has 0 aliphatic rings. The zero-order valence-electron chi connectivity index (χ0n) is 12.1. The van der Waals surface area contributed by atoms with E-state index in [0.717, 1.165) is 6.42 Å². The van der Waals surface area contributed by atoms with Crippen LogP contribution in [-0.4, -0.2) is 28.7 Å². The van der Waals surface area contributed by atoms with Crippen molar-refractivity contribution < 1.29 is 13.7 Å². The van der Waals surface area contributed by atoms with Gasteiger partial charge < -0.3 is 15.8 Å². The number of nitrogen functional groups attached to an aromatic ring is 1. The van der Waals surface area contributed by atoms with Crippen LogP contribution in [0.1, 0.15) is 20.3 Å². The average Bonchev–Trinajstić information content (AvgIpc) is 2.36. The average molecular weight is 298 g/mol. The molecular formula is C14H22N2O3S. The van der Waals surface area contributed by atoms with Crippen LogP contribution in [0.15, 0.2) is 18.2 Å². The van der Waals surface area contributed by atoms with Crippen molar-refractivity contribution >= 4 is 28.1 Å². The summed E-state index contributed by atoms with van der Waals surface area (Å²) in [7, 11) is 0.373. The quantitative estimate of drug-likeness (QED) is 0.754. The number of nitrogens with two attached hydrogens (primary N) is 1. The monoisotopic (exact) mass is 298 g/mol. The Labute approximate surface area is 122 Å². The number of anilines is 2. The first kappa shape index (κ1) is 16.5. The third kappa shape index (κ3) is 5.61. The molecule has 0 bridgehead atoms. The Hall–Kier alpha value is -1.56. The number of benzene rings is 1. The molecule has 1 amide bonds. The van der Waals surface area contributed by atoms with E-state index in [2.05, 4.69) is 19.2 Å². The van der Waals surface area contributed by atoms with E-state index < -0.39 is 10.8 Å². The standard InChI is InChI=1S/C14H22N2O3S/c1-10(2)6-7-20(18)9-14(17)16-12-8-11(15)4-5-13(12)19-3/h4-5,8,10H,6-7,9,15H2,1-3H3,(H,16,17). The molecule has 0 aliphatic carbocycles. The van der Waals surface area contributed by atoms with Gasteiger partial charge in [0.15, 0.2) is 0 Å². The second-order valence-corrected chi connectivity index (χ2v) is 6.56. The van der Waals surface area contributed by atoms with Crippen LogP contribution in [0.5, 0.6) is 5.75 Å². The van der Waals surface area contributed by atoms with Crippen molar-refractivity contribution in [2.75, 3.05) is 29.7 Å². The predicted molar refractivity (Wildman–Crippen MR) is 83.4 cm³/mol. The molecule has 5 nitrogen and oxygen atoms in total. The van der Waals surface area contributed by atoms with Crippen LogP contribution in [-0.2, 0) is 15.6 Å². The summed E-state index contributed by atoms with van der Waals surface area (Å²) in [6.45, 7) is 4.13. The molecule has 0 heterocycles. The van der Waals surface area contributed by atoms with Crippen molar-refractivity contribution in [2.45, 2.75) is 20.3 Å². The second-order valence-electron chi connectivity index (χ2n) is 4.98. The number of amides is 1. The van der Waals surface area contributed by atoms with E-state index in [1.54, 1.807) is 18.2 Å². The summed E-state index contributed by atoms with van der Waals surface area (Å²) in [5, 5.41) is 2.68. The van der Waals surface area contributed by atoms with E-state index in [1.807, 2.05) is 0 Å². The topological polar surface area (TPSA) is 81.4 Å². The van der Waals surface area contributed by atoms with Gasteiger partial charge in [-0.2, -0.15) is 0 Å². The van der Waals surface area contributed by atoms with Crippen molar-refractivity contribution in [3.63, 3.8) is 0 Å². The molecular weight excluding hydrogens is 276 g/mol. The number of nitrogens with one attached hydrogen (secondary N) is 1. The van der Waals surface area contributed by atoms with E-state index in [4.69, 9.17) is 10.5 Å². The maximum absolute atomic E-state index is 11.8. The van der Waals surface area contributed by atoms with Crippen LogP contribution in [0.3, 0.4) is 0 Å². The van der Waals surface area contributed by atoms with Crippen molar-refractivity contribution in [2.24, 2.45) is 5.92 Å². The zero-order chi connectivity index (χ0) is 15.1. The SMILES string of the molecule is COc1ccc(N)cc1NC(=O)CS(=O)CCC(C)C. The maximum Gasteiger partial charge on any atom is 0.237 e. The Bertz CT molecular complexity index is 489. The molecule has 1 atom stereocenters. The van der Waals surface area contributed by atoms with Crippen LogP contribution >= 0.6 is 0 Å². The Kier molecular flexibility index (Phi) is 6.51. The maximum atomic E-state index is 11.8. The largest absolute Gasteiger partial charge is 0.495 e. The first-order valence-electron chi connectivity index (χ1n) is 6.50. The highest BCUT2D eigenvalue weighted by atomic mass is 32.2. The van der Waals surface area contributed by atoms with Gasteiger partial charge in [-0.05, 0) is 30.5 Å². The van der Waals surface area contributed by atoms with Gasteiger partial charge in [0.2, 0.25) is 5.91 Å². The number of ether oxygens (including phenoxy) is 1. The number of hydrogen-bond donors (Lipinski definition) is 2. The molecule has 0 saturated carbocycles. The summed E-state index contributed by atoms with van der Waals surface area (Å²) in [5.41, 5.74) is 6.70. The van der Waals surface area contributed by atoms with Crippen molar-refractivity contribution in [1.82, 2.24) is 0 Å². The number of carbonyl (C=O) groups is 1. The van der Waals surface area contributed by atoms with Crippen molar-refractivity contribution in [3.05, 3.63) is 18.2 Å². The van der Waals surface area contributed by atoms with Gasteiger partial charge >= 0.3 is 0 Å². The Morgan fingerprint density at radius 1 is 1.45 bits per heavy atom. The van der Waals surface area contributed by atoms with Crippen molar-refractivity contribution in [1.29, 1.82) is 0 Å². The van der Waals surface area contributed by atoms with Crippen LogP contribution in [0, 0.1) is 5.92 Å². The summed E-state index contributed by atoms with van der Waals surface area (Å²) in [5.74, 6) is 1.25. The highest BCUT2D eigenvalue weighted by Crippen LogP contribution is 2.26. The first-order valence-corrected chi connectivity index (χ1v) is 7.99. The highest BCUT2D eigenvalue weighted by Gasteiger charge is 2.11. The molecule has 0 aromatic heterocycles. The molecule has 1 rings (SSSR count). The Balaban J connectivity index is 2.58. The van der Waals surface area contributed by atoms with Gasteiger partial charge in [-0.1, -0.05) is 13.8 Å². The molecule has 0 fully saturated rings. The van der Waals surface area contributed by atoms with Crippen LogP contribution < -0.4 is 15.8 Å². The number of methoxy groups -OCH3 is 1. The summed E-state index contributed by atoms with van der Waals surface area (Å²) >= 11 is 0. The molecule has 0 radical (unpaired) electrons. The molecule has 0 saturated heterocycles. The van der Waals surface area contributed by atoms with Gasteiger partial charge in [0.25, 0.3) is 0 Å². The van der Waals surface area contributed by atoms with Gasteiger partial charge in [0.05, 0.1) is 12.8 Å². The van der Waals surface area contributed by atoms with Gasteiger partial charge in [0, 0.05) is 22.2 Å². The van der Waals surface area contributed by atoms with Gasteiger partial charge in [-0.15, -0.1) is 0 Å². The second kappa shape index (κ2) is 7.89. The van der Waals surface area contributed by atoms with Gasteiger partial charge in [-0.25, -0.2) is 0 Å². The van der Waals surface area contributed by atoms with E-state index >= 15 is 0 Å². The fraction of sp³-hybridized carbons (Fsp3) is 0.500.